The summed E-state index contributed by atoms with van der Waals surface area (Å²) in [6.45, 7) is 2.98. The number of aliphatic carboxylic acids is 1. The standard InChI is InChI=1S/C35H37N3O9/c1-21(2)30-34(42)37(20-29(39)36-25(31(40)35(43)44)16-22-12-8-6-9-13-22)26(19-38(30)33(41)23-14-10-7-11-15-23)24-17-27(45-3)32(47-5)28(18-24)46-4/h6-15,17-19,21,25,30H,16,20H2,1-5H3,(H,36,39)(H,43,44)/t25-,30-/m0/s1. The lowest BCUT2D eigenvalue weighted by Gasteiger charge is -2.41. The zero-order valence-corrected chi connectivity index (χ0v) is 26.8. The van der Waals surface area contributed by atoms with Gasteiger partial charge in [-0.05, 0) is 35.7 Å². The number of hydrogen-bond donors (Lipinski definition) is 2. The number of rotatable bonds is 13. The third kappa shape index (κ3) is 7.60. The van der Waals surface area contributed by atoms with Crippen molar-refractivity contribution in [1.82, 2.24) is 15.1 Å². The highest BCUT2D eigenvalue weighted by Crippen LogP contribution is 2.42. The second-order valence-electron chi connectivity index (χ2n) is 11.1. The van der Waals surface area contributed by atoms with Gasteiger partial charge in [0, 0.05) is 23.7 Å². The van der Waals surface area contributed by atoms with Crippen LogP contribution in [0.15, 0.2) is 79.0 Å². The Balaban J connectivity index is 1.81. The van der Waals surface area contributed by atoms with Crippen molar-refractivity contribution in [1.29, 1.82) is 0 Å². The predicted molar refractivity (Wildman–Crippen MR) is 172 cm³/mol. The van der Waals surface area contributed by atoms with Crippen molar-refractivity contribution in [2.45, 2.75) is 32.4 Å². The lowest BCUT2D eigenvalue weighted by molar-refractivity contribution is -0.150. The summed E-state index contributed by atoms with van der Waals surface area (Å²) in [7, 11) is 4.30. The van der Waals surface area contributed by atoms with Gasteiger partial charge in [0.2, 0.25) is 11.7 Å². The summed E-state index contributed by atoms with van der Waals surface area (Å²) in [5, 5.41) is 12.0. The van der Waals surface area contributed by atoms with Crippen LogP contribution in [0.5, 0.6) is 17.2 Å². The van der Waals surface area contributed by atoms with E-state index in [1.54, 1.807) is 86.6 Å². The molecule has 1 heterocycles. The highest BCUT2D eigenvalue weighted by molar-refractivity contribution is 6.35. The summed E-state index contributed by atoms with van der Waals surface area (Å²) >= 11 is 0. The molecule has 3 aromatic rings. The van der Waals surface area contributed by atoms with Crippen LogP contribution in [0.4, 0.5) is 0 Å². The van der Waals surface area contributed by atoms with Crippen LogP contribution in [0.25, 0.3) is 5.70 Å². The minimum Gasteiger partial charge on any atom is -0.493 e. The van der Waals surface area contributed by atoms with Crippen LogP contribution in [-0.2, 0) is 25.6 Å². The average Bonchev–Trinajstić information content (AvgIpc) is 3.07. The number of methoxy groups -OCH3 is 3. The molecule has 12 nitrogen and oxygen atoms in total. The van der Waals surface area contributed by atoms with Gasteiger partial charge < -0.3 is 29.5 Å². The molecule has 3 aromatic carbocycles. The smallest absolute Gasteiger partial charge is 0.374 e. The highest BCUT2D eigenvalue weighted by Gasteiger charge is 2.42. The zero-order valence-electron chi connectivity index (χ0n) is 26.8. The molecule has 0 spiro atoms. The van der Waals surface area contributed by atoms with Gasteiger partial charge in [-0.2, -0.15) is 0 Å². The van der Waals surface area contributed by atoms with Crippen LogP contribution in [0.1, 0.15) is 35.3 Å². The van der Waals surface area contributed by atoms with Crippen molar-refractivity contribution in [3.8, 4) is 17.2 Å². The molecule has 0 aromatic heterocycles. The number of amides is 3. The quantitative estimate of drug-likeness (QED) is 0.267. The molecule has 0 saturated heterocycles. The number of carbonyl (C=O) groups is 5. The van der Waals surface area contributed by atoms with E-state index in [0.29, 0.717) is 22.4 Å². The second kappa shape index (κ2) is 15.1. The van der Waals surface area contributed by atoms with E-state index in [9.17, 15) is 29.1 Å². The Morgan fingerprint density at radius 1 is 0.872 bits per heavy atom. The maximum atomic E-state index is 14.3. The Morgan fingerprint density at radius 2 is 1.45 bits per heavy atom. The van der Waals surface area contributed by atoms with E-state index in [1.807, 2.05) is 0 Å². The second-order valence-corrected chi connectivity index (χ2v) is 11.1. The fourth-order valence-electron chi connectivity index (χ4n) is 5.41. The molecule has 0 radical (unpaired) electrons. The maximum absolute atomic E-state index is 14.3. The molecule has 0 saturated carbocycles. The molecule has 2 N–H and O–H groups in total. The summed E-state index contributed by atoms with van der Waals surface area (Å²) in [5.41, 5.74) is 1.51. The van der Waals surface area contributed by atoms with Gasteiger partial charge in [0.05, 0.1) is 27.0 Å². The van der Waals surface area contributed by atoms with Crippen LogP contribution < -0.4 is 19.5 Å². The molecule has 1 aliphatic rings. The van der Waals surface area contributed by atoms with Gasteiger partial charge >= 0.3 is 5.97 Å². The number of nitrogens with zero attached hydrogens (tertiary/aromatic N) is 2. The van der Waals surface area contributed by atoms with Gasteiger partial charge in [-0.1, -0.05) is 62.4 Å². The van der Waals surface area contributed by atoms with E-state index in [0.717, 1.165) is 0 Å². The average molecular weight is 644 g/mol. The first-order valence-electron chi connectivity index (χ1n) is 14.8. The summed E-state index contributed by atoms with van der Waals surface area (Å²) in [6, 6.07) is 17.9. The molecule has 12 heteroatoms. The topological polar surface area (TPSA) is 152 Å². The number of ketones is 1. The van der Waals surface area contributed by atoms with Crippen molar-refractivity contribution < 1.29 is 43.3 Å². The molecule has 3 amide bonds. The fraction of sp³-hybridized carbons (Fsp3) is 0.286. The molecular formula is C35H37N3O9. The minimum atomic E-state index is -1.70. The van der Waals surface area contributed by atoms with E-state index in [2.05, 4.69) is 5.32 Å². The maximum Gasteiger partial charge on any atom is 0.374 e. The molecule has 4 rings (SSSR count). The lowest BCUT2D eigenvalue weighted by atomic mass is 9.95. The Labute approximate surface area is 272 Å². The Morgan fingerprint density at radius 3 is 1.96 bits per heavy atom. The van der Waals surface area contributed by atoms with Gasteiger partial charge in [-0.15, -0.1) is 0 Å². The minimum absolute atomic E-state index is 0.0742. The van der Waals surface area contributed by atoms with E-state index < -0.39 is 48.1 Å². The fourth-order valence-corrected chi connectivity index (χ4v) is 5.41. The number of nitrogens with one attached hydrogen (secondary N) is 1. The molecule has 47 heavy (non-hydrogen) atoms. The van der Waals surface area contributed by atoms with E-state index in [4.69, 9.17) is 14.2 Å². The first-order chi connectivity index (χ1) is 22.5. The molecule has 0 aliphatic carbocycles. The third-order valence-corrected chi connectivity index (χ3v) is 7.66. The van der Waals surface area contributed by atoms with Crippen LogP contribution in [0.2, 0.25) is 0 Å². The van der Waals surface area contributed by atoms with Gasteiger partial charge in [-0.25, -0.2) is 4.79 Å². The molecule has 1 aliphatic heterocycles. The van der Waals surface area contributed by atoms with Gasteiger partial charge in [0.25, 0.3) is 17.6 Å². The third-order valence-electron chi connectivity index (χ3n) is 7.66. The van der Waals surface area contributed by atoms with E-state index in [-0.39, 0.29) is 29.5 Å². The van der Waals surface area contributed by atoms with Crippen LogP contribution >= 0.6 is 0 Å². The Bertz CT molecular complexity index is 1650. The first kappa shape index (κ1) is 34.2. The van der Waals surface area contributed by atoms with E-state index >= 15 is 0 Å². The summed E-state index contributed by atoms with van der Waals surface area (Å²) in [6.07, 6.45) is 1.43. The number of ether oxygens (including phenoxy) is 3. The molecule has 2 atom stereocenters. The number of carboxylic acid groups (broad SMARTS) is 1. The van der Waals surface area contributed by atoms with Crippen molar-refractivity contribution in [3.63, 3.8) is 0 Å². The summed E-state index contributed by atoms with van der Waals surface area (Å²) in [5.74, 6) is -4.23. The largest absolute Gasteiger partial charge is 0.493 e. The van der Waals surface area contributed by atoms with E-state index in [1.165, 1.54) is 37.3 Å². The number of Topliss-reactive ketones (excluding diaryl/α,β-unsaturated/α-hetero) is 1. The van der Waals surface area contributed by atoms with Crippen molar-refractivity contribution in [2.24, 2.45) is 5.92 Å². The van der Waals surface area contributed by atoms with Gasteiger partial charge in [0.1, 0.15) is 18.6 Å². The van der Waals surface area contributed by atoms with Crippen LogP contribution in [-0.4, -0.2) is 84.3 Å². The number of benzene rings is 3. The first-order valence-corrected chi connectivity index (χ1v) is 14.8. The molecule has 0 unspecified atom stereocenters. The number of carbonyl (C=O) groups excluding carboxylic acids is 4. The Hall–Kier alpha value is -5.65. The molecule has 246 valence electrons. The Kier molecular flexibility index (Phi) is 11.0. The highest BCUT2D eigenvalue weighted by atomic mass is 16.5. The SMILES string of the molecule is COc1cc(C2=CN(C(=O)c3ccccc3)[C@@H](C(C)C)C(=O)N2CC(=O)N[C@@H](Cc2ccccc2)C(=O)C(=O)O)cc(OC)c1OC. The van der Waals surface area contributed by atoms with Crippen LogP contribution in [0, 0.1) is 5.92 Å². The number of hydrogen-bond acceptors (Lipinski definition) is 8. The van der Waals surface area contributed by atoms with Crippen molar-refractivity contribution in [2.75, 3.05) is 27.9 Å². The molecule has 0 fully saturated rings. The predicted octanol–water partition coefficient (Wildman–Crippen LogP) is 3.40. The molecule has 0 bridgehead atoms. The van der Waals surface area contributed by atoms with Gasteiger partial charge in [0.15, 0.2) is 11.5 Å². The number of carboxylic acids is 1. The van der Waals surface area contributed by atoms with Crippen molar-refractivity contribution >= 4 is 35.2 Å². The van der Waals surface area contributed by atoms with Crippen molar-refractivity contribution in [3.05, 3.63) is 95.7 Å². The summed E-state index contributed by atoms with van der Waals surface area (Å²) < 4.78 is 16.5. The molecular weight excluding hydrogens is 606 g/mol. The summed E-state index contributed by atoms with van der Waals surface area (Å²) in [4.78, 5) is 68.6. The normalized spacial score (nSPS) is 15.1. The lowest BCUT2D eigenvalue weighted by Crippen LogP contribution is -2.57. The zero-order chi connectivity index (χ0) is 34.2. The van der Waals surface area contributed by atoms with Gasteiger partial charge in [-0.3, -0.25) is 24.1 Å². The monoisotopic (exact) mass is 643 g/mol. The van der Waals surface area contributed by atoms with Crippen LogP contribution in [0.3, 0.4) is 0 Å².